The summed E-state index contributed by atoms with van der Waals surface area (Å²) in [5.41, 5.74) is 0.243. The summed E-state index contributed by atoms with van der Waals surface area (Å²) in [4.78, 5) is 3.13. The highest BCUT2D eigenvalue weighted by Gasteiger charge is 2.00. The van der Waals surface area contributed by atoms with Crippen molar-refractivity contribution in [2.75, 3.05) is 0 Å². The second kappa shape index (κ2) is 2.73. The summed E-state index contributed by atoms with van der Waals surface area (Å²) >= 11 is 0. The molecule has 0 fully saturated rings. The van der Waals surface area contributed by atoms with Gasteiger partial charge in [0.2, 0.25) is 5.95 Å². The highest BCUT2D eigenvalue weighted by Crippen LogP contribution is 2.07. The number of halogens is 2. The Morgan fingerprint density at radius 3 is 2.70 bits per heavy atom. The number of pyridine rings is 1. The molecule has 0 aromatic carbocycles. The van der Waals surface area contributed by atoms with E-state index in [-0.39, 0.29) is 5.56 Å². The van der Waals surface area contributed by atoms with E-state index in [1.54, 1.807) is 6.92 Å². The van der Waals surface area contributed by atoms with Gasteiger partial charge in [0.1, 0.15) is 5.82 Å². The van der Waals surface area contributed by atoms with Crippen molar-refractivity contribution in [1.82, 2.24) is 4.98 Å². The predicted molar refractivity (Wildman–Crippen MR) is 33.2 cm³/mol. The van der Waals surface area contributed by atoms with Gasteiger partial charge in [0.25, 0.3) is 0 Å². The molecule has 0 aliphatic rings. The normalized spacial score (nSPS) is 9.90. The Hall–Kier alpha value is -0.990. The maximum absolute atomic E-state index is 12.5. The summed E-state index contributed by atoms with van der Waals surface area (Å²) in [6.07, 6.45) is 2.35. The molecule has 0 unspecified atom stereocenters. The lowest BCUT2D eigenvalue weighted by atomic mass is 10.2. The molecule has 1 rings (SSSR count). The molecule has 0 saturated heterocycles. The van der Waals surface area contributed by atoms with Crippen molar-refractivity contribution in [3.8, 4) is 0 Å². The van der Waals surface area contributed by atoms with Gasteiger partial charge >= 0.3 is 0 Å². The molecule has 1 aromatic rings. The average Bonchev–Trinajstić information content (AvgIpc) is 1.94. The van der Waals surface area contributed by atoms with Gasteiger partial charge in [0, 0.05) is 0 Å². The Kier molecular flexibility index (Phi) is 1.94. The Balaban J connectivity index is 3.09. The zero-order valence-corrected chi connectivity index (χ0v) is 5.44. The smallest absolute Gasteiger partial charge is 0.213 e. The number of hydrogen-bond donors (Lipinski definition) is 0. The number of rotatable bonds is 1. The molecule has 3 heteroatoms. The molecule has 0 N–H and O–H groups in total. The van der Waals surface area contributed by atoms with E-state index in [1.165, 1.54) is 6.42 Å². The summed E-state index contributed by atoms with van der Waals surface area (Å²) < 4.78 is 24.7. The van der Waals surface area contributed by atoms with Crippen LogP contribution in [0.15, 0.2) is 12.3 Å². The van der Waals surface area contributed by atoms with Crippen molar-refractivity contribution >= 4 is 0 Å². The van der Waals surface area contributed by atoms with Crippen molar-refractivity contribution in [2.24, 2.45) is 0 Å². The minimum Gasteiger partial charge on any atom is -0.225 e. The Morgan fingerprint density at radius 2 is 2.20 bits per heavy atom. The van der Waals surface area contributed by atoms with Crippen LogP contribution in [0.3, 0.4) is 0 Å². The third kappa shape index (κ3) is 1.29. The molecular weight excluding hydrogens is 136 g/mol. The summed E-state index contributed by atoms with van der Waals surface area (Å²) in [6.45, 7) is 1.64. The summed E-state index contributed by atoms with van der Waals surface area (Å²) in [7, 11) is 0. The zero-order valence-electron chi connectivity index (χ0n) is 5.44. The summed E-state index contributed by atoms with van der Waals surface area (Å²) in [5.74, 6) is -1.15. The second-order valence-electron chi connectivity index (χ2n) is 1.82. The van der Waals surface area contributed by atoms with Crippen LogP contribution in [-0.4, -0.2) is 4.98 Å². The van der Waals surface area contributed by atoms with Crippen molar-refractivity contribution in [3.63, 3.8) is 0 Å². The summed E-state index contributed by atoms with van der Waals surface area (Å²) in [6, 6.07) is 1.05. The molecule has 0 saturated carbocycles. The molecule has 0 atom stereocenters. The van der Waals surface area contributed by atoms with E-state index in [9.17, 15) is 8.78 Å². The lowest BCUT2D eigenvalue weighted by Crippen LogP contribution is -1.90. The molecule has 0 bridgehead atoms. The average molecular weight is 142 g/mol. The molecule has 0 aliphatic heterocycles. The SMILES string of the molecule is C[CH]c1cc(F)ncc1F. The van der Waals surface area contributed by atoms with Crippen LogP contribution in [0.1, 0.15) is 12.5 Å². The second-order valence-corrected chi connectivity index (χ2v) is 1.82. The third-order valence-corrected chi connectivity index (χ3v) is 1.16. The van der Waals surface area contributed by atoms with E-state index in [2.05, 4.69) is 4.98 Å². The minimum absolute atomic E-state index is 0.243. The van der Waals surface area contributed by atoms with Gasteiger partial charge in [-0.15, -0.1) is 0 Å². The predicted octanol–water partition coefficient (Wildman–Crippen LogP) is 1.93. The van der Waals surface area contributed by atoms with Crippen LogP contribution in [0.25, 0.3) is 0 Å². The van der Waals surface area contributed by atoms with Gasteiger partial charge in [0.05, 0.1) is 6.20 Å². The molecule has 10 heavy (non-hydrogen) atoms. The lowest BCUT2D eigenvalue weighted by Gasteiger charge is -1.95. The van der Waals surface area contributed by atoms with Crippen LogP contribution in [-0.2, 0) is 0 Å². The van der Waals surface area contributed by atoms with E-state index in [0.29, 0.717) is 0 Å². The van der Waals surface area contributed by atoms with E-state index in [1.807, 2.05) is 0 Å². The molecule has 0 aliphatic carbocycles. The number of hydrogen-bond acceptors (Lipinski definition) is 1. The fourth-order valence-electron chi connectivity index (χ4n) is 0.649. The van der Waals surface area contributed by atoms with Crippen molar-refractivity contribution in [2.45, 2.75) is 6.92 Å². The van der Waals surface area contributed by atoms with Crippen LogP contribution >= 0.6 is 0 Å². The van der Waals surface area contributed by atoms with Gasteiger partial charge in [-0.1, -0.05) is 6.92 Å². The molecular formula is C7H6F2N. The highest BCUT2D eigenvalue weighted by molar-refractivity contribution is 5.20. The molecule has 0 spiro atoms. The van der Waals surface area contributed by atoms with Gasteiger partial charge in [0.15, 0.2) is 0 Å². The Bertz CT molecular complexity index is 235. The van der Waals surface area contributed by atoms with Gasteiger partial charge in [-0.2, -0.15) is 4.39 Å². The number of nitrogens with zero attached hydrogens (tertiary/aromatic N) is 1. The van der Waals surface area contributed by atoms with E-state index in [4.69, 9.17) is 0 Å². The molecule has 0 amide bonds. The van der Waals surface area contributed by atoms with E-state index < -0.39 is 11.8 Å². The largest absolute Gasteiger partial charge is 0.225 e. The molecule has 1 heterocycles. The third-order valence-electron chi connectivity index (χ3n) is 1.16. The molecule has 1 aromatic heterocycles. The van der Waals surface area contributed by atoms with Crippen LogP contribution in [0.4, 0.5) is 8.78 Å². The zero-order chi connectivity index (χ0) is 7.56. The van der Waals surface area contributed by atoms with Crippen LogP contribution in [0.2, 0.25) is 0 Å². The maximum Gasteiger partial charge on any atom is 0.213 e. The van der Waals surface area contributed by atoms with Gasteiger partial charge in [-0.05, 0) is 18.1 Å². The molecule has 1 nitrogen and oxygen atoms in total. The van der Waals surface area contributed by atoms with Crippen molar-refractivity contribution < 1.29 is 8.78 Å². The summed E-state index contributed by atoms with van der Waals surface area (Å²) in [5, 5.41) is 0. The Morgan fingerprint density at radius 1 is 1.50 bits per heavy atom. The minimum atomic E-state index is -0.658. The van der Waals surface area contributed by atoms with E-state index in [0.717, 1.165) is 12.3 Å². The molecule has 1 radical (unpaired) electrons. The van der Waals surface area contributed by atoms with Gasteiger partial charge < -0.3 is 0 Å². The first-order valence-electron chi connectivity index (χ1n) is 2.84. The topological polar surface area (TPSA) is 12.9 Å². The van der Waals surface area contributed by atoms with Crippen LogP contribution < -0.4 is 0 Å². The quantitative estimate of drug-likeness (QED) is 0.546. The van der Waals surface area contributed by atoms with Gasteiger partial charge in [-0.3, -0.25) is 0 Å². The first-order chi connectivity index (χ1) is 4.74. The van der Waals surface area contributed by atoms with Gasteiger partial charge in [-0.25, -0.2) is 9.37 Å². The number of aromatic nitrogens is 1. The van der Waals surface area contributed by atoms with E-state index >= 15 is 0 Å². The first-order valence-corrected chi connectivity index (χ1v) is 2.84. The lowest BCUT2D eigenvalue weighted by molar-refractivity contribution is 0.555. The highest BCUT2D eigenvalue weighted by atomic mass is 19.1. The molecule has 53 valence electrons. The van der Waals surface area contributed by atoms with Crippen molar-refractivity contribution in [3.05, 3.63) is 36.0 Å². The van der Waals surface area contributed by atoms with Crippen LogP contribution in [0.5, 0.6) is 0 Å². The first kappa shape index (κ1) is 7.12. The fourth-order valence-corrected chi connectivity index (χ4v) is 0.649. The standard InChI is InChI=1S/C7H6F2N/c1-2-5-3-7(9)10-4-6(5)8/h2-4H,1H3. The fraction of sp³-hybridized carbons (Fsp3) is 0.143. The maximum atomic E-state index is 12.5. The van der Waals surface area contributed by atoms with Crippen molar-refractivity contribution in [1.29, 1.82) is 0 Å². The van der Waals surface area contributed by atoms with Crippen LogP contribution in [0, 0.1) is 18.2 Å². The monoisotopic (exact) mass is 142 g/mol. The Labute approximate surface area is 57.7 Å².